The molecule has 0 aromatic carbocycles. The second kappa shape index (κ2) is 7.34. The van der Waals surface area contributed by atoms with E-state index in [9.17, 15) is 8.78 Å². The van der Waals surface area contributed by atoms with Gasteiger partial charge in [0.1, 0.15) is 6.61 Å². The Labute approximate surface area is 100.0 Å². The van der Waals surface area contributed by atoms with E-state index in [0.717, 1.165) is 17.9 Å². The van der Waals surface area contributed by atoms with E-state index in [1.165, 1.54) is 0 Å². The lowest BCUT2D eigenvalue weighted by molar-refractivity contribution is 0.0187. The SMILES string of the molecule is CCn1nc(C)cc1CNCCOCC(F)F. The van der Waals surface area contributed by atoms with Crippen LogP contribution >= 0.6 is 0 Å². The molecule has 0 unspecified atom stereocenters. The van der Waals surface area contributed by atoms with Crippen molar-refractivity contribution < 1.29 is 13.5 Å². The number of nitrogens with zero attached hydrogens (tertiary/aromatic N) is 2. The summed E-state index contributed by atoms with van der Waals surface area (Å²) >= 11 is 0. The molecule has 1 N–H and O–H groups in total. The monoisotopic (exact) mass is 247 g/mol. The van der Waals surface area contributed by atoms with E-state index in [1.54, 1.807) is 0 Å². The molecule has 0 saturated heterocycles. The smallest absolute Gasteiger partial charge is 0.261 e. The Bertz CT molecular complexity index is 329. The van der Waals surface area contributed by atoms with E-state index in [0.29, 0.717) is 19.7 Å². The first-order valence-corrected chi connectivity index (χ1v) is 5.73. The summed E-state index contributed by atoms with van der Waals surface area (Å²) in [7, 11) is 0. The molecule has 1 heterocycles. The maximum atomic E-state index is 11.8. The zero-order valence-electron chi connectivity index (χ0n) is 10.2. The summed E-state index contributed by atoms with van der Waals surface area (Å²) in [6, 6.07) is 2.01. The molecule has 0 radical (unpaired) electrons. The number of nitrogens with one attached hydrogen (secondary N) is 1. The molecule has 6 heteroatoms. The van der Waals surface area contributed by atoms with Gasteiger partial charge in [-0.3, -0.25) is 4.68 Å². The van der Waals surface area contributed by atoms with Gasteiger partial charge < -0.3 is 10.1 Å². The largest absolute Gasteiger partial charge is 0.374 e. The molecule has 0 aliphatic carbocycles. The molecular formula is C11H19F2N3O. The lowest BCUT2D eigenvalue weighted by Crippen LogP contribution is -2.22. The standard InChI is InChI=1S/C11H19F2N3O/c1-3-16-10(6-9(2)15-16)7-14-4-5-17-8-11(12)13/h6,11,14H,3-5,7-8H2,1-2H3. The molecule has 0 saturated carbocycles. The highest BCUT2D eigenvalue weighted by Gasteiger charge is 2.03. The lowest BCUT2D eigenvalue weighted by Gasteiger charge is -2.07. The van der Waals surface area contributed by atoms with Crippen molar-refractivity contribution in [1.29, 1.82) is 0 Å². The van der Waals surface area contributed by atoms with Crippen LogP contribution in [0, 0.1) is 6.92 Å². The highest BCUT2D eigenvalue weighted by molar-refractivity contribution is 5.08. The minimum absolute atomic E-state index is 0.295. The summed E-state index contributed by atoms with van der Waals surface area (Å²) in [6.45, 7) is 5.83. The number of hydrogen-bond donors (Lipinski definition) is 1. The fourth-order valence-corrected chi connectivity index (χ4v) is 1.55. The summed E-state index contributed by atoms with van der Waals surface area (Å²) in [5, 5.41) is 7.45. The van der Waals surface area contributed by atoms with Crippen LogP contribution in [0.5, 0.6) is 0 Å². The number of rotatable bonds is 8. The van der Waals surface area contributed by atoms with Crippen LogP contribution in [-0.4, -0.2) is 36.0 Å². The maximum absolute atomic E-state index is 11.8. The van der Waals surface area contributed by atoms with Gasteiger partial charge in [-0.2, -0.15) is 5.10 Å². The number of aromatic nitrogens is 2. The number of alkyl halides is 2. The van der Waals surface area contributed by atoms with Crippen molar-refractivity contribution >= 4 is 0 Å². The number of halogens is 2. The van der Waals surface area contributed by atoms with Gasteiger partial charge in [0, 0.05) is 19.6 Å². The first kappa shape index (κ1) is 14.1. The normalized spacial score (nSPS) is 11.4. The molecular weight excluding hydrogens is 228 g/mol. The molecule has 0 bridgehead atoms. The third-order valence-corrected chi connectivity index (χ3v) is 2.26. The van der Waals surface area contributed by atoms with Gasteiger partial charge >= 0.3 is 0 Å². The Kier molecular flexibility index (Phi) is 6.07. The van der Waals surface area contributed by atoms with Gasteiger partial charge in [0.2, 0.25) is 0 Å². The molecule has 0 amide bonds. The molecule has 1 aromatic rings. The van der Waals surface area contributed by atoms with Crippen molar-refractivity contribution in [3.8, 4) is 0 Å². The van der Waals surface area contributed by atoms with Crippen LogP contribution < -0.4 is 5.32 Å². The zero-order chi connectivity index (χ0) is 12.7. The fraction of sp³-hybridized carbons (Fsp3) is 0.727. The lowest BCUT2D eigenvalue weighted by atomic mass is 10.3. The van der Waals surface area contributed by atoms with E-state index in [2.05, 4.69) is 10.4 Å². The van der Waals surface area contributed by atoms with E-state index in [-0.39, 0.29) is 0 Å². The molecule has 0 aliphatic heterocycles. The first-order valence-electron chi connectivity index (χ1n) is 5.73. The highest BCUT2D eigenvalue weighted by atomic mass is 19.3. The van der Waals surface area contributed by atoms with E-state index >= 15 is 0 Å². The Morgan fingerprint density at radius 1 is 1.53 bits per heavy atom. The van der Waals surface area contributed by atoms with Gasteiger partial charge in [-0.15, -0.1) is 0 Å². The number of aryl methyl sites for hydroxylation is 2. The minimum Gasteiger partial charge on any atom is -0.374 e. The van der Waals surface area contributed by atoms with Gasteiger partial charge in [-0.05, 0) is 19.9 Å². The molecule has 1 rings (SSSR count). The fourth-order valence-electron chi connectivity index (χ4n) is 1.55. The topological polar surface area (TPSA) is 39.1 Å². The third-order valence-electron chi connectivity index (χ3n) is 2.26. The van der Waals surface area contributed by atoms with Crippen LogP contribution in [0.1, 0.15) is 18.3 Å². The Morgan fingerprint density at radius 3 is 2.94 bits per heavy atom. The summed E-state index contributed by atoms with van der Waals surface area (Å²) < 4.78 is 30.2. The van der Waals surface area contributed by atoms with E-state index in [1.807, 2.05) is 24.6 Å². The first-order chi connectivity index (χ1) is 8.13. The maximum Gasteiger partial charge on any atom is 0.261 e. The number of hydrogen-bond acceptors (Lipinski definition) is 3. The van der Waals surface area contributed by atoms with Crippen LogP contribution in [-0.2, 0) is 17.8 Å². The van der Waals surface area contributed by atoms with Gasteiger partial charge in [-0.25, -0.2) is 8.78 Å². The molecule has 0 spiro atoms. The average molecular weight is 247 g/mol. The minimum atomic E-state index is -2.39. The number of ether oxygens (including phenoxy) is 1. The van der Waals surface area contributed by atoms with Crippen molar-refractivity contribution in [3.63, 3.8) is 0 Å². The molecule has 4 nitrogen and oxygen atoms in total. The van der Waals surface area contributed by atoms with Crippen molar-refractivity contribution in [3.05, 3.63) is 17.5 Å². The van der Waals surface area contributed by atoms with Gasteiger partial charge in [-0.1, -0.05) is 0 Å². The van der Waals surface area contributed by atoms with Crippen LogP contribution in [0.3, 0.4) is 0 Å². The van der Waals surface area contributed by atoms with E-state index in [4.69, 9.17) is 4.74 Å². The summed E-state index contributed by atoms with van der Waals surface area (Å²) in [4.78, 5) is 0. The Morgan fingerprint density at radius 2 is 2.29 bits per heavy atom. The average Bonchev–Trinajstić information content (AvgIpc) is 2.63. The predicted octanol–water partition coefficient (Wildman–Crippen LogP) is 1.58. The quantitative estimate of drug-likeness (QED) is 0.709. The molecule has 0 aliphatic rings. The van der Waals surface area contributed by atoms with Crippen LogP contribution in [0.15, 0.2) is 6.07 Å². The molecule has 0 atom stereocenters. The summed E-state index contributed by atoms with van der Waals surface area (Å²) in [5.74, 6) is 0. The van der Waals surface area contributed by atoms with Crippen LogP contribution in [0.25, 0.3) is 0 Å². The van der Waals surface area contributed by atoms with Crippen molar-refractivity contribution in [2.45, 2.75) is 33.4 Å². The summed E-state index contributed by atoms with van der Waals surface area (Å²) in [5.41, 5.74) is 2.08. The van der Waals surface area contributed by atoms with Crippen molar-refractivity contribution in [2.24, 2.45) is 0 Å². The Hall–Kier alpha value is -1.01. The van der Waals surface area contributed by atoms with Gasteiger partial charge in [0.25, 0.3) is 6.43 Å². The summed E-state index contributed by atoms with van der Waals surface area (Å²) in [6.07, 6.45) is -2.39. The predicted molar refractivity (Wildman–Crippen MR) is 61.2 cm³/mol. The van der Waals surface area contributed by atoms with Crippen LogP contribution in [0.2, 0.25) is 0 Å². The second-order valence-corrected chi connectivity index (χ2v) is 3.74. The van der Waals surface area contributed by atoms with Crippen molar-refractivity contribution in [2.75, 3.05) is 19.8 Å². The molecule has 17 heavy (non-hydrogen) atoms. The zero-order valence-corrected chi connectivity index (χ0v) is 10.2. The van der Waals surface area contributed by atoms with Crippen molar-refractivity contribution in [1.82, 2.24) is 15.1 Å². The third kappa shape index (κ3) is 5.23. The molecule has 98 valence electrons. The second-order valence-electron chi connectivity index (χ2n) is 3.74. The van der Waals surface area contributed by atoms with Crippen LogP contribution in [0.4, 0.5) is 8.78 Å². The van der Waals surface area contributed by atoms with Gasteiger partial charge in [0.05, 0.1) is 18.0 Å². The van der Waals surface area contributed by atoms with E-state index < -0.39 is 13.0 Å². The molecule has 1 aromatic heterocycles. The molecule has 0 fully saturated rings. The Balaban J connectivity index is 2.17. The highest BCUT2D eigenvalue weighted by Crippen LogP contribution is 2.02. The van der Waals surface area contributed by atoms with Gasteiger partial charge in [0.15, 0.2) is 0 Å².